The summed E-state index contributed by atoms with van der Waals surface area (Å²) in [7, 11) is 0. The van der Waals surface area contributed by atoms with Gasteiger partial charge in [0.15, 0.2) is 0 Å². The lowest BCUT2D eigenvalue weighted by atomic mass is 9.86. The molecule has 1 aromatic heterocycles. The van der Waals surface area contributed by atoms with Crippen LogP contribution in [0.15, 0.2) is 28.9 Å². The van der Waals surface area contributed by atoms with Crippen LogP contribution < -0.4 is 0 Å². The van der Waals surface area contributed by atoms with E-state index in [1.165, 1.54) is 16.5 Å². The minimum atomic E-state index is 0.180. The first-order valence-corrected chi connectivity index (χ1v) is 7.19. The average molecular weight is 306 g/mol. The number of hydrogen-bond acceptors (Lipinski definition) is 1. The molecular formula is C16H20BrN. The first-order valence-electron chi connectivity index (χ1n) is 6.39. The van der Waals surface area contributed by atoms with E-state index in [9.17, 15) is 0 Å². The number of rotatable bonds is 1. The number of fused-ring (bicyclic) bond motifs is 1. The Bertz CT molecular complexity index is 579. The van der Waals surface area contributed by atoms with Crippen molar-refractivity contribution in [2.45, 2.75) is 46.0 Å². The average Bonchev–Trinajstić information content (AvgIpc) is 2.25. The van der Waals surface area contributed by atoms with Gasteiger partial charge in [-0.15, -0.1) is 0 Å². The second kappa shape index (κ2) is 4.65. The summed E-state index contributed by atoms with van der Waals surface area (Å²) in [6, 6.07) is 8.81. The van der Waals surface area contributed by atoms with Crippen LogP contribution in [0.4, 0.5) is 0 Å². The van der Waals surface area contributed by atoms with Crippen LogP contribution in [0.3, 0.4) is 0 Å². The highest BCUT2D eigenvalue weighted by Crippen LogP contribution is 2.30. The van der Waals surface area contributed by atoms with Gasteiger partial charge in [0, 0.05) is 5.39 Å². The Morgan fingerprint density at radius 3 is 2.33 bits per heavy atom. The van der Waals surface area contributed by atoms with Crippen molar-refractivity contribution in [1.82, 2.24) is 4.98 Å². The molecule has 1 nitrogen and oxygen atoms in total. The third-order valence-electron chi connectivity index (χ3n) is 3.28. The summed E-state index contributed by atoms with van der Waals surface area (Å²) < 4.78 is 0.966. The predicted octanol–water partition coefficient (Wildman–Crippen LogP) is 5.42. The van der Waals surface area contributed by atoms with Gasteiger partial charge in [-0.3, -0.25) is 0 Å². The number of halogens is 1. The van der Waals surface area contributed by atoms with Crippen LogP contribution in [-0.2, 0) is 5.41 Å². The molecule has 0 atom stereocenters. The van der Waals surface area contributed by atoms with Crippen molar-refractivity contribution >= 4 is 26.8 Å². The molecule has 2 heteroatoms. The number of benzene rings is 1. The Morgan fingerprint density at radius 1 is 1.11 bits per heavy atom. The molecule has 0 aliphatic rings. The van der Waals surface area contributed by atoms with E-state index in [2.05, 4.69) is 79.8 Å². The van der Waals surface area contributed by atoms with Crippen molar-refractivity contribution in [3.05, 3.63) is 40.0 Å². The van der Waals surface area contributed by atoms with Crippen LogP contribution >= 0.6 is 15.9 Å². The zero-order chi connectivity index (χ0) is 13.5. The van der Waals surface area contributed by atoms with Crippen molar-refractivity contribution < 1.29 is 0 Å². The molecular weight excluding hydrogens is 286 g/mol. The molecule has 0 unspecified atom stereocenters. The van der Waals surface area contributed by atoms with E-state index in [1.807, 2.05) is 0 Å². The third-order valence-corrected chi connectivity index (χ3v) is 3.92. The zero-order valence-electron chi connectivity index (χ0n) is 11.7. The van der Waals surface area contributed by atoms with Crippen LogP contribution in [0.5, 0.6) is 0 Å². The van der Waals surface area contributed by atoms with E-state index < -0.39 is 0 Å². The molecule has 1 heterocycles. The third kappa shape index (κ3) is 2.59. The van der Waals surface area contributed by atoms with E-state index in [0.29, 0.717) is 5.92 Å². The lowest BCUT2D eigenvalue weighted by Gasteiger charge is -2.19. The van der Waals surface area contributed by atoms with E-state index in [1.54, 1.807) is 0 Å². The van der Waals surface area contributed by atoms with Crippen LogP contribution in [0.2, 0.25) is 0 Å². The molecule has 0 aliphatic carbocycles. The number of pyridine rings is 1. The van der Waals surface area contributed by atoms with Gasteiger partial charge < -0.3 is 0 Å². The zero-order valence-corrected chi connectivity index (χ0v) is 13.3. The van der Waals surface area contributed by atoms with E-state index >= 15 is 0 Å². The summed E-state index contributed by atoms with van der Waals surface area (Å²) in [5.41, 5.74) is 3.86. The smallest absolute Gasteiger partial charge is 0.110 e. The summed E-state index contributed by atoms with van der Waals surface area (Å²) in [4.78, 5) is 4.64. The maximum atomic E-state index is 4.64. The van der Waals surface area contributed by atoms with Crippen molar-refractivity contribution in [2.24, 2.45) is 0 Å². The van der Waals surface area contributed by atoms with Crippen molar-refractivity contribution in [3.8, 4) is 0 Å². The Hall–Kier alpha value is -0.890. The number of hydrogen-bond donors (Lipinski definition) is 0. The molecule has 96 valence electrons. The van der Waals surface area contributed by atoms with Gasteiger partial charge in [0.05, 0.1) is 5.52 Å². The van der Waals surface area contributed by atoms with Crippen molar-refractivity contribution in [2.75, 3.05) is 0 Å². The first kappa shape index (κ1) is 13.5. The highest BCUT2D eigenvalue weighted by molar-refractivity contribution is 9.10. The van der Waals surface area contributed by atoms with E-state index in [4.69, 9.17) is 0 Å². The maximum Gasteiger partial charge on any atom is 0.110 e. The van der Waals surface area contributed by atoms with Gasteiger partial charge in [-0.2, -0.15) is 0 Å². The lowest BCUT2D eigenvalue weighted by molar-refractivity contribution is 0.591. The molecule has 0 bridgehead atoms. The Morgan fingerprint density at radius 2 is 1.78 bits per heavy atom. The van der Waals surface area contributed by atoms with E-state index in [0.717, 1.165) is 10.1 Å². The molecule has 0 N–H and O–H groups in total. The van der Waals surface area contributed by atoms with Crippen LogP contribution in [0, 0.1) is 0 Å². The summed E-state index contributed by atoms with van der Waals surface area (Å²) in [6.07, 6.45) is 0. The summed E-state index contributed by atoms with van der Waals surface area (Å²) in [6.45, 7) is 11.1. The molecule has 2 rings (SSSR count). The molecule has 0 saturated heterocycles. The molecule has 2 aromatic rings. The van der Waals surface area contributed by atoms with Crippen molar-refractivity contribution in [1.29, 1.82) is 0 Å². The summed E-state index contributed by atoms with van der Waals surface area (Å²) in [5.74, 6) is 0.481. The van der Waals surface area contributed by atoms with Gasteiger partial charge in [-0.05, 0) is 56.6 Å². The minimum absolute atomic E-state index is 0.180. The molecule has 18 heavy (non-hydrogen) atoms. The quantitative estimate of drug-likeness (QED) is 0.641. The first-order chi connectivity index (χ1) is 8.29. The van der Waals surface area contributed by atoms with Gasteiger partial charge in [0.2, 0.25) is 0 Å². The lowest BCUT2D eigenvalue weighted by Crippen LogP contribution is -2.10. The Kier molecular flexibility index (Phi) is 3.50. The minimum Gasteiger partial charge on any atom is -0.241 e. The molecule has 0 saturated carbocycles. The summed E-state index contributed by atoms with van der Waals surface area (Å²) in [5, 5.41) is 1.23. The molecule has 0 radical (unpaired) electrons. The second-order valence-corrected chi connectivity index (χ2v) is 6.93. The van der Waals surface area contributed by atoms with Crippen LogP contribution in [0.1, 0.15) is 51.7 Å². The SMILES string of the molecule is CC(C)c1cc2cc(C(C)(C)C)ccc2nc1Br. The largest absolute Gasteiger partial charge is 0.241 e. The topological polar surface area (TPSA) is 12.9 Å². The molecule has 0 spiro atoms. The fraction of sp³-hybridized carbons (Fsp3) is 0.438. The van der Waals surface area contributed by atoms with Gasteiger partial charge in [0.25, 0.3) is 0 Å². The molecule has 0 aliphatic heterocycles. The summed E-state index contributed by atoms with van der Waals surface area (Å²) >= 11 is 3.56. The van der Waals surface area contributed by atoms with Gasteiger partial charge in [-0.1, -0.05) is 40.7 Å². The van der Waals surface area contributed by atoms with Crippen molar-refractivity contribution in [3.63, 3.8) is 0 Å². The Labute approximate surface area is 118 Å². The van der Waals surface area contributed by atoms with Gasteiger partial charge in [0.1, 0.15) is 4.60 Å². The van der Waals surface area contributed by atoms with Gasteiger partial charge in [-0.25, -0.2) is 4.98 Å². The molecule has 1 aromatic carbocycles. The highest BCUT2D eigenvalue weighted by Gasteiger charge is 2.15. The normalized spacial score (nSPS) is 12.4. The molecule has 0 fully saturated rings. The predicted molar refractivity (Wildman–Crippen MR) is 82.2 cm³/mol. The Balaban J connectivity index is 2.65. The second-order valence-electron chi connectivity index (χ2n) is 6.18. The van der Waals surface area contributed by atoms with Gasteiger partial charge >= 0.3 is 0 Å². The van der Waals surface area contributed by atoms with Crippen LogP contribution in [-0.4, -0.2) is 4.98 Å². The number of nitrogens with zero attached hydrogens (tertiary/aromatic N) is 1. The van der Waals surface area contributed by atoms with Crippen LogP contribution in [0.25, 0.3) is 10.9 Å². The monoisotopic (exact) mass is 305 g/mol. The standard InChI is InChI=1S/C16H20BrN/c1-10(2)13-9-11-8-12(16(3,4)5)6-7-14(11)18-15(13)17/h6-10H,1-5H3. The number of aromatic nitrogens is 1. The van der Waals surface area contributed by atoms with E-state index in [-0.39, 0.29) is 5.41 Å². The highest BCUT2D eigenvalue weighted by atomic mass is 79.9. The maximum absolute atomic E-state index is 4.64. The fourth-order valence-corrected chi connectivity index (χ4v) is 2.80. The fourth-order valence-electron chi connectivity index (χ4n) is 2.04. The molecule has 0 amide bonds.